The number of aryl methyl sites for hydroxylation is 1. The molecule has 8 nitrogen and oxygen atoms in total. The highest BCUT2D eigenvalue weighted by molar-refractivity contribution is 5.84. The number of ether oxygens (including phenoxy) is 1. The Morgan fingerprint density at radius 2 is 1.82 bits per heavy atom. The minimum absolute atomic E-state index is 0.0819. The lowest BCUT2D eigenvalue weighted by atomic mass is 9.93. The third kappa shape index (κ3) is 4.66. The number of morpholine rings is 1. The molecule has 1 aromatic heterocycles. The fourth-order valence-corrected chi connectivity index (χ4v) is 4.48. The summed E-state index contributed by atoms with van der Waals surface area (Å²) in [5, 5.41) is 25.1. The van der Waals surface area contributed by atoms with Gasteiger partial charge in [0.2, 0.25) is 5.95 Å². The molecule has 0 radical (unpaired) electrons. The van der Waals surface area contributed by atoms with Crippen molar-refractivity contribution in [3.05, 3.63) is 63.4 Å². The molecular weight excluding hydrogens is 432 g/mol. The third-order valence-corrected chi connectivity index (χ3v) is 6.39. The number of fused-ring (bicyclic) bond motifs is 1. The quantitative estimate of drug-likeness (QED) is 0.513. The number of anilines is 2. The molecule has 0 amide bonds. The summed E-state index contributed by atoms with van der Waals surface area (Å²) in [4.78, 5) is 20.4. The highest BCUT2D eigenvalue weighted by Gasteiger charge is 2.28. The zero-order valence-electron chi connectivity index (χ0n) is 20.5. The number of benzene rings is 2. The molecule has 2 unspecified atom stereocenters. The van der Waals surface area contributed by atoms with Crippen molar-refractivity contribution in [1.29, 1.82) is 0 Å². The van der Waals surface area contributed by atoms with Crippen molar-refractivity contribution in [2.75, 3.05) is 36.5 Å². The Morgan fingerprint density at radius 3 is 2.50 bits per heavy atom. The Labute approximate surface area is 199 Å². The minimum Gasteiger partial charge on any atom is -0.387 e. The van der Waals surface area contributed by atoms with Crippen molar-refractivity contribution >= 4 is 22.5 Å². The molecule has 1 fully saturated rings. The van der Waals surface area contributed by atoms with E-state index in [1.54, 1.807) is 31.5 Å². The first kappa shape index (κ1) is 24.2. The molecule has 2 aromatic carbocycles. The van der Waals surface area contributed by atoms with Crippen LogP contribution in [0.15, 0.2) is 41.2 Å². The number of aliphatic hydroxyl groups is 2. The van der Waals surface area contributed by atoms with Crippen LogP contribution in [-0.4, -0.2) is 51.7 Å². The standard InChI is InChI=1S/C26H34N4O4/c1-16-14-19(17(2)27-21-9-7-6-8-18(21)23(31)26(3,4)33)22-20(15-16)24(32)29(5)25(28-22)30-10-12-34-13-11-30/h6-9,14-15,17,23,27,31,33H,10-13H2,1-5H3. The molecule has 1 aliphatic heterocycles. The summed E-state index contributed by atoms with van der Waals surface area (Å²) in [5.41, 5.74) is 2.48. The fraction of sp³-hybridized carbons (Fsp3) is 0.462. The SMILES string of the molecule is Cc1cc(C(C)Nc2ccccc2C(O)C(C)(C)O)c2nc(N3CCOCC3)n(C)c(=O)c2c1. The molecule has 182 valence electrons. The van der Waals surface area contributed by atoms with Crippen LogP contribution in [0.4, 0.5) is 11.6 Å². The van der Waals surface area contributed by atoms with Gasteiger partial charge >= 0.3 is 0 Å². The van der Waals surface area contributed by atoms with E-state index in [4.69, 9.17) is 9.72 Å². The molecule has 0 bridgehead atoms. The maximum absolute atomic E-state index is 13.3. The number of aromatic nitrogens is 2. The number of hydrogen-bond donors (Lipinski definition) is 3. The number of para-hydroxylation sites is 1. The van der Waals surface area contributed by atoms with E-state index in [1.807, 2.05) is 44.2 Å². The summed E-state index contributed by atoms with van der Waals surface area (Å²) in [6.07, 6.45) is -1.06. The predicted octanol–water partition coefficient (Wildman–Crippen LogP) is 3.06. The van der Waals surface area contributed by atoms with E-state index in [9.17, 15) is 15.0 Å². The summed E-state index contributed by atoms with van der Waals surface area (Å²) in [6, 6.07) is 11.1. The Hall–Kier alpha value is -2.94. The van der Waals surface area contributed by atoms with Gasteiger partial charge in [0.25, 0.3) is 5.56 Å². The summed E-state index contributed by atoms with van der Waals surface area (Å²) in [6.45, 7) is 9.72. The third-order valence-electron chi connectivity index (χ3n) is 6.39. The van der Waals surface area contributed by atoms with Crippen molar-refractivity contribution in [1.82, 2.24) is 9.55 Å². The van der Waals surface area contributed by atoms with Crippen LogP contribution >= 0.6 is 0 Å². The Morgan fingerprint density at radius 1 is 1.15 bits per heavy atom. The Kier molecular flexibility index (Phi) is 6.66. The van der Waals surface area contributed by atoms with Crippen molar-refractivity contribution in [3.63, 3.8) is 0 Å². The van der Waals surface area contributed by atoms with Crippen molar-refractivity contribution in [3.8, 4) is 0 Å². The van der Waals surface area contributed by atoms with Gasteiger partial charge in [-0.1, -0.05) is 24.3 Å². The summed E-state index contributed by atoms with van der Waals surface area (Å²) in [7, 11) is 1.76. The molecule has 2 heterocycles. The molecule has 4 rings (SSSR count). The molecule has 1 saturated heterocycles. The highest BCUT2D eigenvalue weighted by Crippen LogP contribution is 2.34. The highest BCUT2D eigenvalue weighted by atomic mass is 16.5. The monoisotopic (exact) mass is 466 g/mol. The van der Waals surface area contributed by atoms with E-state index in [0.717, 1.165) is 16.8 Å². The van der Waals surface area contributed by atoms with E-state index in [1.165, 1.54) is 0 Å². The van der Waals surface area contributed by atoms with E-state index < -0.39 is 11.7 Å². The molecule has 0 aliphatic carbocycles. The van der Waals surface area contributed by atoms with Crippen LogP contribution < -0.4 is 15.8 Å². The molecule has 8 heteroatoms. The topological polar surface area (TPSA) is 99.8 Å². The van der Waals surface area contributed by atoms with Crippen molar-refractivity contribution in [2.45, 2.75) is 45.4 Å². The van der Waals surface area contributed by atoms with Crippen molar-refractivity contribution < 1.29 is 14.9 Å². The Balaban J connectivity index is 1.79. The van der Waals surface area contributed by atoms with E-state index in [2.05, 4.69) is 10.2 Å². The minimum atomic E-state index is -1.29. The normalized spacial score (nSPS) is 16.5. The van der Waals surface area contributed by atoms with Crippen LogP contribution in [0.2, 0.25) is 0 Å². The van der Waals surface area contributed by atoms with E-state index in [0.29, 0.717) is 48.7 Å². The fourth-order valence-electron chi connectivity index (χ4n) is 4.48. The zero-order valence-corrected chi connectivity index (χ0v) is 20.5. The summed E-state index contributed by atoms with van der Waals surface area (Å²) in [5.74, 6) is 0.635. The first-order chi connectivity index (χ1) is 16.1. The van der Waals surface area contributed by atoms with Crippen LogP contribution in [0.25, 0.3) is 10.9 Å². The van der Waals surface area contributed by atoms with Gasteiger partial charge in [-0.05, 0) is 45.4 Å². The second-order valence-corrected chi connectivity index (χ2v) is 9.64. The maximum Gasteiger partial charge on any atom is 0.262 e. The summed E-state index contributed by atoms with van der Waals surface area (Å²) < 4.78 is 7.09. The molecule has 34 heavy (non-hydrogen) atoms. The number of aliphatic hydroxyl groups excluding tert-OH is 1. The molecule has 0 saturated carbocycles. The zero-order chi connectivity index (χ0) is 24.6. The van der Waals surface area contributed by atoms with Crippen LogP contribution in [0.1, 0.15) is 49.6 Å². The second-order valence-electron chi connectivity index (χ2n) is 9.64. The van der Waals surface area contributed by atoms with Crippen LogP contribution in [0.3, 0.4) is 0 Å². The number of nitrogens with zero attached hydrogens (tertiary/aromatic N) is 3. The summed E-state index contributed by atoms with van der Waals surface area (Å²) >= 11 is 0. The lowest BCUT2D eigenvalue weighted by Crippen LogP contribution is -2.40. The molecule has 3 aromatic rings. The maximum atomic E-state index is 13.3. The number of rotatable bonds is 6. The van der Waals surface area contributed by atoms with E-state index in [-0.39, 0.29) is 11.6 Å². The van der Waals surface area contributed by atoms with Gasteiger partial charge in [0.05, 0.1) is 35.8 Å². The molecule has 0 spiro atoms. The van der Waals surface area contributed by atoms with Crippen molar-refractivity contribution in [2.24, 2.45) is 7.05 Å². The van der Waals surface area contributed by atoms with E-state index >= 15 is 0 Å². The van der Waals surface area contributed by atoms with Gasteiger partial charge in [-0.3, -0.25) is 9.36 Å². The van der Waals surface area contributed by atoms with Gasteiger partial charge in [0, 0.05) is 37.0 Å². The number of hydrogen-bond acceptors (Lipinski definition) is 7. The van der Waals surface area contributed by atoms with Crippen LogP contribution in [0, 0.1) is 6.92 Å². The average Bonchev–Trinajstić information content (AvgIpc) is 2.81. The van der Waals surface area contributed by atoms with Gasteiger partial charge in [0.1, 0.15) is 6.10 Å². The largest absolute Gasteiger partial charge is 0.387 e. The second kappa shape index (κ2) is 9.37. The van der Waals surface area contributed by atoms with Gasteiger partial charge < -0.3 is 25.2 Å². The first-order valence-electron chi connectivity index (χ1n) is 11.7. The lowest BCUT2D eigenvalue weighted by molar-refractivity contribution is -0.0493. The molecule has 1 aliphatic rings. The van der Waals surface area contributed by atoms with Gasteiger partial charge in [-0.2, -0.15) is 0 Å². The molecule has 3 N–H and O–H groups in total. The number of nitrogens with one attached hydrogen (secondary N) is 1. The first-order valence-corrected chi connectivity index (χ1v) is 11.7. The molecule has 2 atom stereocenters. The lowest BCUT2D eigenvalue weighted by Gasteiger charge is -2.30. The van der Waals surface area contributed by atoms with Gasteiger partial charge in [0.15, 0.2) is 0 Å². The van der Waals surface area contributed by atoms with Gasteiger partial charge in [-0.25, -0.2) is 4.98 Å². The molecular formula is C26H34N4O4. The van der Waals surface area contributed by atoms with Crippen LogP contribution in [-0.2, 0) is 11.8 Å². The average molecular weight is 467 g/mol. The predicted molar refractivity (Wildman–Crippen MR) is 134 cm³/mol. The van der Waals surface area contributed by atoms with Gasteiger partial charge in [-0.15, -0.1) is 0 Å². The Bertz CT molecular complexity index is 1240. The smallest absolute Gasteiger partial charge is 0.262 e. The van der Waals surface area contributed by atoms with Crippen LogP contribution in [0.5, 0.6) is 0 Å².